The van der Waals surface area contributed by atoms with Crippen molar-refractivity contribution in [3.05, 3.63) is 52.8 Å². The van der Waals surface area contributed by atoms with Gasteiger partial charge in [0.05, 0.1) is 19.9 Å². The van der Waals surface area contributed by atoms with Gasteiger partial charge in [-0.15, -0.1) is 0 Å². The summed E-state index contributed by atoms with van der Waals surface area (Å²) in [7, 11) is 6.59. The molecule has 0 aliphatic carbocycles. The molecule has 0 bridgehead atoms. The topological polar surface area (TPSA) is 90.8 Å². The lowest BCUT2D eigenvalue weighted by molar-refractivity contribution is 0.206. The molecule has 1 aromatic rings. The standard InChI is InChI=1S/C25H34Cl2N6O3/c1-7-32(3)13-11-9-8-10-12-17(2)30-20-15-21(29-16-28-20)33(4)25(34)31-24-22(26)18(35-5)14-19(36-6)23(24)27/h10-14,16,21H,2,7-9,15H2,1,3-6H3,(H,31,34)(H,28,29,30)/b12-10-,13-11-. The van der Waals surface area contributed by atoms with Gasteiger partial charge in [0.25, 0.3) is 0 Å². The Balaban J connectivity index is 1.94. The summed E-state index contributed by atoms with van der Waals surface area (Å²) in [5, 5.41) is 6.23. The number of rotatable bonds is 11. The first-order valence-corrected chi connectivity index (χ1v) is 12.2. The van der Waals surface area contributed by atoms with Gasteiger partial charge in [-0.05, 0) is 32.0 Å². The van der Waals surface area contributed by atoms with Crippen molar-refractivity contribution < 1.29 is 14.3 Å². The highest BCUT2D eigenvalue weighted by Gasteiger charge is 2.26. The lowest BCUT2D eigenvalue weighted by Gasteiger charge is -2.28. The molecule has 196 valence electrons. The van der Waals surface area contributed by atoms with Crippen LogP contribution in [-0.4, -0.2) is 69.0 Å². The molecule has 1 aliphatic rings. The number of nitrogens with zero attached hydrogens (tertiary/aromatic N) is 4. The van der Waals surface area contributed by atoms with Crippen LogP contribution in [0, 0.1) is 0 Å². The number of unbranched alkanes of at least 4 members (excludes halogenated alkanes) is 1. The fourth-order valence-electron chi connectivity index (χ4n) is 3.11. The van der Waals surface area contributed by atoms with Crippen molar-refractivity contribution in [1.29, 1.82) is 0 Å². The van der Waals surface area contributed by atoms with Gasteiger partial charge < -0.3 is 29.9 Å². The van der Waals surface area contributed by atoms with Gasteiger partial charge in [0, 0.05) is 38.8 Å². The molecular formula is C25H34Cl2N6O3. The van der Waals surface area contributed by atoms with Crippen LogP contribution in [-0.2, 0) is 0 Å². The SMILES string of the molecule is C=C(/C=C\CC/C=C\N(C)CC)NC1=NC=NC(N(C)C(=O)Nc2c(Cl)c(OC)cc(OC)c2Cl)C1. The van der Waals surface area contributed by atoms with E-state index in [1.165, 1.54) is 25.5 Å². The summed E-state index contributed by atoms with van der Waals surface area (Å²) in [6, 6.07) is 1.09. The fraction of sp³-hybridized carbons (Fsp3) is 0.400. The van der Waals surface area contributed by atoms with Crippen LogP contribution in [0.3, 0.4) is 0 Å². The van der Waals surface area contributed by atoms with Crippen LogP contribution in [0.2, 0.25) is 10.0 Å². The van der Waals surface area contributed by atoms with Crippen molar-refractivity contribution in [3.8, 4) is 11.5 Å². The second-order valence-electron chi connectivity index (χ2n) is 7.94. The van der Waals surface area contributed by atoms with Gasteiger partial charge in [-0.3, -0.25) is 0 Å². The van der Waals surface area contributed by atoms with Gasteiger partial charge in [-0.2, -0.15) is 0 Å². The van der Waals surface area contributed by atoms with E-state index in [2.05, 4.69) is 57.4 Å². The largest absolute Gasteiger partial charge is 0.495 e. The molecule has 2 N–H and O–H groups in total. The second kappa shape index (κ2) is 14.4. The van der Waals surface area contributed by atoms with Gasteiger partial charge in [0.1, 0.15) is 39.9 Å². The Morgan fingerprint density at radius 2 is 1.81 bits per heavy atom. The predicted octanol–water partition coefficient (Wildman–Crippen LogP) is 5.54. The van der Waals surface area contributed by atoms with Gasteiger partial charge in [-0.25, -0.2) is 14.8 Å². The van der Waals surface area contributed by atoms with Crippen LogP contribution < -0.4 is 20.1 Å². The summed E-state index contributed by atoms with van der Waals surface area (Å²) in [6.45, 7) is 7.11. The second-order valence-corrected chi connectivity index (χ2v) is 8.69. The number of hydrogen-bond acceptors (Lipinski definition) is 7. The molecule has 1 aliphatic heterocycles. The van der Waals surface area contributed by atoms with Crippen LogP contribution in [0.25, 0.3) is 0 Å². The number of amidine groups is 1. The van der Waals surface area contributed by atoms with Crippen molar-refractivity contribution in [2.45, 2.75) is 32.4 Å². The Bertz CT molecular complexity index is 1030. The van der Waals surface area contributed by atoms with E-state index in [1.807, 2.05) is 13.1 Å². The van der Waals surface area contributed by atoms with E-state index < -0.39 is 12.2 Å². The lowest BCUT2D eigenvalue weighted by Crippen LogP contribution is -2.43. The maximum Gasteiger partial charge on any atom is 0.323 e. The molecule has 11 heteroatoms. The molecule has 1 atom stereocenters. The summed E-state index contributed by atoms with van der Waals surface area (Å²) in [5.41, 5.74) is 0.888. The summed E-state index contributed by atoms with van der Waals surface area (Å²) in [6.07, 6.45) is 11.3. The molecule has 0 saturated heterocycles. The highest BCUT2D eigenvalue weighted by molar-refractivity contribution is 6.41. The maximum absolute atomic E-state index is 13.0. The van der Waals surface area contributed by atoms with Gasteiger partial charge in [-0.1, -0.05) is 41.9 Å². The Kier molecular flexibility index (Phi) is 11.6. The average molecular weight is 537 g/mol. The fourth-order valence-corrected chi connectivity index (χ4v) is 3.70. The zero-order valence-electron chi connectivity index (χ0n) is 21.3. The van der Waals surface area contributed by atoms with Crippen molar-refractivity contribution >= 4 is 47.1 Å². The molecule has 2 amide bonds. The van der Waals surface area contributed by atoms with E-state index in [4.69, 9.17) is 32.7 Å². The predicted molar refractivity (Wildman–Crippen MR) is 149 cm³/mol. The summed E-state index contributed by atoms with van der Waals surface area (Å²) < 4.78 is 10.5. The van der Waals surface area contributed by atoms with Crippen LogP contribution in [0.4, 0.5) is 10.5 Å². The number of methoxy groups -OCH3 is 2. The summed E-state index contributed by atoms with van der Waals surface area (Å²) >= 11 is 12.7. The van der Waals surface area contributed by atoms with E-state index in [1.54, 1.807) is 13.1 Å². The molecule has 1 aromatic carbocycles. The number of nitrogens with one attached hydrogen (secondary N) is 2. The molecule has 2 rings (SSSR count). The van der Waals surface area contributed by atoms with Crippen molar-refractivity contribution in [1.82, 2.24) is 15.1 Å². The number of anilines is 1. The van der Waals surface area contributed by atoms with Gasteiger partial charge >= 0.3 is 6.03 Å². The van der Waals surface area contributed by atoms with Crippen molar-refractivity contribution in [2.75, 3.05) is 40.2 Å². The summed E-state index contributed by atoms with van der Waals surface area (Å²) in [4.78, 5) is 25.1. The average Bonchev–Trinajstić information content (AvgIpc) is 2.88. The molecule has 0 saturated carbocycles. The first kappa shape index (κ1) is 29.1. The minimum Gasteiger partial charge on any atom is -0.495 e. The smallest absolute Gasteiger partial charge is 0.323 e. The number of ether oxygens (including phenoxy) is 2. The van der Waals surface area contributed by atoms with Crippen LogP contribution in [0.15, 0.2) is 52.8 Å². The normalized spacial score (nSPS) is 15.1. The number of hydrogen-bond donors (Lipinski definition) is 2. The molecule has 0 radical (unpaired) electrons. The first-order valence-electron chi connectivity index (χ1n) is 11.4. The lowest BCUT2D eigenvalue weighted by atomic mass is 10.2. The van der Waals surface area contributed by atoms with Crippen molar-refractivity contribution in [2.24, 2.45) is 9.98 Å². The van der Waals surface area contributed by atoms with E-state index in [9.17, 15) is 4.79 Å². The van der Waals surface area contributed by atoms with E-state index in [0.717, 1.165) is 19.4 Å². The zero-order chi connectivity index (χ0) is 26.7. The molecular weight excluding hydrogens is 503 g/mol. The number of urea groups is 1. The molecule has 1 heterocycles. The minimum atomic E-state index is -0.493. The maximum atomic E-state index is 13.0. The van der Waals surface area contributed by atoms with Gasteiger partial charge in [0.2, 0.25) is 0 Å². The first-order chi connectivity index (χ1) is 17.2. The third-order valence-electron chi connectivity index (χ3n) is 5.38. The number of amides is 2. The van der Waals surface area contributed by atoms with Crippen LogP contribution in [0.1, 0.15) is 26.2 Å². The molecule has 1 unspecified atom stereocenters. The van der Waals surface area contributed by atoms with E-state index in [0.29, 0.717) is 29.5 Å². The number of halogens is 2. The Morgan fingerprint density at radius 1 is 1.17 bits per heavy atom. The molecule has 0 fully saturated rings. The Labute approximate surface area is 223 Å². The number of carbonyl (C=O) groups excluding carboxylic acids is 1. The highest BCUT2D eigenvalue weighted by Crippen LogP contribution is 2.44. The minimum absolute atomic E-state index is 0.164. The third-order valence-corrected chi connectivity index (χ3v) is 6.13. The summed E-state index contributed by atoms with van der Waals surface area (Å²) in [5.74, 6) is 1.29. The quantitative estimate of drug-likeness (QED) is 0.286. The molecule has 0 aromatic heterocycles. The number of aliphatic imine (C=N–C) groups is 2. The highest BCUT2D eigenvalue weighted by atomic mass is 35.5. The van der Waals surface area contributed by atoms with Crippen molar-refractivity contribution in [3.63, 3.8) is 0 Å². The Hall–Kier alpha value is -3.17. The number of benzene rings is 1. The monoisotopic (exact) mass is 536 g/mol. The molecule has 9 nitrogen and oxygen atoms in total. The number of allylic oxidation sites excluding steroid dienone is 3. The zero-order valence-corrected chi connectivity index (χ0v) is 22.9. The molecule has 0 spiro atoms. The van der Waals surface area contributed by atoms with Crippen LogP contribution in [0.5, 0.6) is 11.5 Å². The number of carbonyl (C=O) groups is 1. The van der Waals surface area contributed by atoms with E-state index in [-0.39, 0.29) is 15.7 Å². The van der Waals surface area contributed by atoms with Crippen LogP contribution >= 0.6 is 23.2 Å². The third kappa shape index (κ3) is 8.20. The van der Waals surface area contributed by atoms with Gasteiger partial charge in [0.15, 0.2) is 0 Å². The Morgan fingerprint density at radius 3 is 2.42 bits per heavy atom. The molecule has 36 heavy (non-hydrogen) atoms. The van der Waals surface area contributed by atoms with E-state index >= 15 is 0 Å².